The summed E-state index contributed by atoms with van der Waals surface area (Å²) in [5.74, 6) is -0.0941. The Morgan fingerprint density at radius 2 is 2.11 bits per heavy atom. The molecule has 0 bridgehead atoms. The van der Waals surface area contributed by atoms with Gasteiger partial charge >= 0.3 is 0 Å². The quantitative estimate of drug-likeness (QED) is 0.726. The van der Waals surface area contributed by atoms with Crippen LogP contribution in [-0.2, 0) is 9.53 Å². The van der Waals surface area contributed by atoms with Crippen molar-refractivity contribution < 1.29 is 9.53 Å². The van der Waals surface area contributed by atoms with Gasteiger partial charge in [0.15, 0.2) is 0 Å². The van der Waals surface area contributed by atoms with Gasteiger partial charge in [-0.1, -0.05) is 23.2 Å². The molecule has 2 N–H and O–H groups in total. The topological polar surface area (TPSA) is 50.4 Å². The zero-order valence-corrected chi connectivity index (χ0v) is 12.4. The number of hydrogen-bond acceptors (Lipinski definition) is 3. The molecule has 19 heavy (non-hydrogen) atoms. The average molecular weight is 305 g/mol. The van der Waals surface area contributed by atoms with E-state index in [1.807, 2.05) is 0 Å². The molecule has 106 valence electrons. The Balaban J connectivity index is 2.25. The fourth-order valence-electron chi connectivity index (χ4n) is 1.47. The lowest BCUT2D eigenvalue weighted by molar-refractivity contribution is -0.116. The number of benzene rings is 1. The first-order valence-corrected chi connectivity index (χ1v) is 6.83. The van der Waals surface area contributed by atoms with Gasteiger partial charge in [0.2, 0.25) is 5.91 Å². The summed E-state index contributed by atoms with van der Waals surface area (Å²) in [6.45, 7) is 2.17. The second-order valence-electron chi connectivity index (χ2n) is 4.02. The summed E-state index contributed by atoms with van der Waals surface area (Å²) in [6.07, 6.45) is 1.31. The van der Waals surface area contributed by atoms with Crippen molar-refractivity contribution in [3.63, 3.8) is 0 Å². The molecule has 6 heteroatoms. The third kappa shape index (κ3) is 6.78. The van der Waals surface area contributed by atoms with Gasteiger partial charge in [-0.15, -0.1) is 0 Å². The predicted molar refractivity (Wildman–Crippen MR) is 79.1 cm³/mol. The van der Waals surface area contributed by atoms with E-state index >= 15 is 0 Å². The first-order valence-electron chi connectivity index (χ1n) is 6.08. The van der Waals surface area contributed by atoms with Crippen LogP contribution in [0.1, 0.15) is 12.8 Å². The van der Waals surface area contributed by atoms with Crippen LogP contribution in [0.5, 0.6) is 0 Å². The molecule has 1 amide bonds. The number of nitrogens with one attached hydrogen (secondary N) is 2. The van der Waals surface area contributed by atoms with Gasteiger partial charge in [0, 0.05) is 31.7 Å². The Bertz CT molecular complexity index is 414. The number of carbonyl (C=O) groups excluding carboxylic acids is 1. The normalized spacial score (nSPS) is 10.5. The number of hydrogen-bond donors (Lipinski definition) is 2. The molecule has 0 aromatic heterocycles. The first kappa shape index (κ1) is 16.2. The molecule has 1 rings (SSSR count). The Morgan fingerprint density at radius 3 is 2.84 bits per heavy atom. The van der Waals surface area contributed by atoms with E-state index in [0.29, 0.717) is 28.7 Å². The van der Waals surface area contributed by atoms with Gasteiger partial charge in [-0.05, 0) is 31.2 Å². The molecular formula is C13H18Cl2N2O2. The van der Waals surface area contributed by atoms with Crippen molar-refractivity contribution in [1.82, 2.24) is 5.32 Å². The van der Waals surface area contributed by atoms with Crippen LogP contribution in [0.3, 0.4) is 0 Å². The summed E-state index contributed by atoms with van der Waals surface area (Å²) >= 11 is 11.8. The van der Waals surface area contributed by atoms with Crippen LogP contribution >= 0.6 is 23.2 Å². The zero-order chi connectivity index (χ0) is 14.1. The monoisotopic (exact) mass is 304 g/mol. The summed E-state index contributed by atoms with van der Waals surface area (Å²) in [7, 11) is 1.67. The minimum Gasteiger partial charge on any atom is -0.385 e. The largest absolute Gasteiger partial charge is 0.385 e. The van der Waals surface area contributed by atoms with Crippen molar-refractivity contribution in [3.8, 4) is 0 Å². The summed E-state index contributed by atoms with van der Waals surface area (Å²) in [6, 6.07) is 4.97. The second-order valence-corrected chi connectivity index (χ2v) is 4.86. The first-order chi connectivity index (χ1) is 9.13. The van der Waals surface area contributed by atoms with E-state index in [4.69, 9.17) is 27.9 Å². The molecular weight excluding hydrogens is 287 g/mol. The minimum atomic E-state index is -0.0941. The van der Waals surface area contributed by atoms with Gasteiger partial charge in [-0.25, -0.2) is 0 Å². The highest BCUT2D eigenvalue weighted by atomic mass is 35.5. The highest BCUT2D eigenvalue weighted by Gasteiger charge is 2.06. The van der Waals surface area contributed by atoms with Gasteiger partial charge < -0.3 is 15.4 Å². The Labute approximate surface area is 123 Å². The lowest BCUT2D eigenvalue weighted by atomic mass is 10.3. The van der Waals surface area contributed by atoms with Crippen molar-refractivity contribution in [3.05, 3.63) is 28.2 Å². The number of anilines is 1. The highest BCUT2D eigenvalue weighted by molar-refractivity contribution is 6.35. The van der Waals surface area contributed by atoms with Crippen LogP contribution in [0.2, 0.25) is 10.0 Å². The van der Waals surface area contributed by atoms with E-state index < -0.39 is 0 Å². The number of methoxy groups -OCH3 is 1. The molecule has 0 atom stereocenters. The maximum absolute atomic E-state index is 11.7. The maximum Gasteiger partial charge on any atom is 0.225 e. The van der Waals surface area contributed by atoms with Crippen molar-refractivity contribution in [2.45, 2.75) is 12.8 Å². The van der Waals surface area contributed by atoms with Crippen molar-refractivity contribution >= 4 is 34.8 Å². The summed E-state index contributed by atoms with van der Waals surface area (Å²) in [5, 5.41) is 6.91. The number of halogens is 2. The molecule has 0 aliphatic carbocycles. The van der Waals surface area contributed by atoms with E-state index in [1.165, 1.54) is 0 Å². The Hall–Kier alpha value is -0.810. The van der Waals surface area contributed by atoms with E-state index in [-0.39, 0.29) is 5.91 Å². The summed E-state index contributed by atoms with van der Waals surface area (Å²) < 4.78 is 4.93. The second kappa shape index (κ2) is 9.15. The van der Waals surface area contributed by atoms with Crippen LogP contribution in [0.25, 0.3) is 0 Å². The molecule has 1 aromatic carbocycles. The van der Waals surface area contributed by atoms with Gasteiger partial charge in [0.05, 0.1) is 10.7 Å². The van der Waals surface area contributed by atoms with Crippen LogP contribution in [-0.4, -0.2) is 32.7 Å². The number of rotatable bonds is 8. The molecule has 0 radical (unpaired) electrons. The number of carbonyl (C=O) groups is 1. The molecule has 0 fully saturated rings. The summed E-state index contributed by atoms with van der Waals surface area (Å²) in [4.78, 5) is 11.7. The lowest BCUT2D eigenvalue weighted by Gasteiger charge is -2.08. The summed E-state index contributed by atoms with van der Waals surface area (Å²) in [5.41, 5.74) is 0.540. The van der Waals surface area contributed by atoms with E-state index in [9.17, 15) is 4.79 Å². The van der Waals surface area contributed by atoms with Gasteiger partial charge in [-0.2, -0.15) is 0 Å². The number of ether oxygens (including phenoxy) is 1. The van der Waals surface area contributed by atoms with E-state index in [2.05, 4.69) is 10.6 Å². The van der Waals surface area contributed by atoms with Crippen LogP contribution in [0.15, 0.2) is 18.2 Å². The Kier molecular flexibility index (Phi) is 7.82. The van der Waals surface area contributed by atoms with Crippen molar-refractivity contribution in [2.24, 2.45) is 0 Å². The molecule has 0 saturated carbocycles. The average Bonchev–Trinajstić information content (AvgIpc) is 2.38. The lowest BCUT2D eigenvalue weighted by Crippen LogP contribution is -2.23. The third-order valence-corrected chi connectivity index (χ3v) is 3.00. The molecule has 0 saturated heterocycles. The van der Waals surface area contributed by atoms with Gasteiger partial charge in [0.1, 0.15) is 0 Å². The third-order valence-electron chi connectivity index (χ3n) is 2.43. The van der Waals surface area contributed by atoms with E-state index in [0.717, 1.165) is 19.6 Å². The van der Waals surface area contributed by atoms with Gasteiger partial charge in [-0.3, -0.25) is 4.79 Å². The molecule has 0 spiro atoms. The maximum atomic E-state index is 11.7. The van der Waals surface area contributed by atoms with Crippen LogP contribution < -0.4 is 10.6 Å². The Morgan fingerprint density at radius 1 is 1.32 bits per heavy atom. The molecule has 0 aliphatic rings. The van der Waals surface area contributed by atoms with Crippen LogP contribution in [0, 0.1) is 0 Å². The standard InChI is InChI=1S/C13H18Cl2N2O2/c1-19-8-2-6-16-7-5-13(18)17-12-9-10(14)3-4-11(12)15/h3-4,9,16H,2,5-8H2,1H3,(H,17,18). The smallest absolute Gasteiger partial charge is 0.225 e. The van der Waals surface area contributed by atoms with Crippen molar-refractivity contribution in [2.75, 3.05) is 32.1 Å². The molecule has 0 aliphatic heterocycles. The molecule has 0 unspecified atom stereocenters. The zero-order valence-electron chi connectivity index (χ0n) is 10.8. The van der Waals surface area contributed by atoms with E-state index in [1.54, 1.807) is 25.3 Å². The molecule has 1 aromatic rings. The van der Waals surface area contributed by atoms with Crippen molar-refractivity contribution in [1.29, 1.82) is 0 Å². The molecule has 4 nitrogen and oxygen atoms in total. The fraction of sp³-hybridized carbons (Fsp3) is 0.462. The molecule has 0 heterocycles. The fourth-order valence-corrected chi connectivity index (χ4v) is 1.81. The SMILES string of the molecule is COCCCNCCC(=O)Nc1cc(Cl)ccc1Cl. The highest BCUT2D eigenvalue weighted by Crippen LogP contribution is 2.25. The van der Waals surface area contributed by atoms with Gasteiger partial charge in [0.25, 0.3) is 0 Å². The number of amides is 1. The van der Waals surface area contributed by atoms with Crippen LogP contribution in [0.4, 0.5) is 5.69 Å². The minimum absolute atomic E-state index is 0.0941. The predicted octanol–water partition coefficient (Wildman–Crippen LogP) is 2.95.